The fourth-order valence-corrected chi connectivity index (χ4v) is 3.13. The van der Waals surface area contributed by atoms with Crippen LogP contribution >= 0.6 is 11.8 Å². The number of nitrogens with one attached hydrogen (secondary N) is 1. The van der Waals surface area contributed by atoms with Crippen molar-refractivity contribution in [1.29, 1.82) is 0 Å². The molecule has 2 aromatic heterocycles. The second-order valence-corrected chi connectivity index (χ2v) is 6.86. The van der Waals surface area contributed by atoms with Gasteiger partial charge in [0.05, 0.1) is 24.5 Å². The molecular weight excluding hydrogens is 338 g/mol. The molecule has 1 aliphatic rings. The number of aryl methyl sites for hydroxylation is 1. The van der Waals surface area contributed by atoms with E-state index in [0.29, 0.717) is 13.1 Å². The number of amides is 2. The smallest absolute Gasteiger partial charge is 0.319 e. The lowest BCUT2D eigenvalue weighted by Gasteiger charge is -2.23. The summed E-state index contributed by atoms with van der Waals surface area (Å²) >= 11 is 1.51. The van der Waals surface area contributed by atoms with E-state index in [0.717, 1.165) is 41.9 Å². The summed E-state index contributed by atoms with van der Waals surface area (Å²) in [6.07, 6.45) is 4.60. The highest BCUT2D eigenvalue weighted by Gasteiger charge is 2.21. The van der Waals surface area contributed by atoms with Crippen molar-refractivity contribution in [2.75, 3.05) is 32.2 Å². The van der Waals surface area contributed by atoms with Crippen molar-refractivity contribution in [3.63, 3.8) is 0 Å². The van der Waals surface area contributed by atoms with E-state index in [2.05, 4.69) is 26.4 Å². The Hall–Kier alpha value is -2.29. The first-order valence-electron chi connectivity index (χ1n) is 8.19. The molecule has 1 N–H and O–H groups in total. The highest BCUT2D eigenvalue weighted by molar-refractivity contribution is 7.98. The molecule has 0 unspecified atom stereocenters. The molecule has 25 heavy (non-hydrogen) atoms. The third-order valence-electron chi connectivity index (χ3n) is 3.98. The van der Waals surface area contributed by atoms with Crippen LogP contribution in [0.3, 0.4) is 0 Å². The van der Waals surface area contributed by atoms with E-state index in [1.807, 2.05) is 21.9 Å². The summed E-state index contributed by atoms with van der Waals surface area (Å²) in [4.78, 5) is 24.3. The van der Waals surface area contributed by atoms with E-state index < -0.39 is 0 Å². The van der Waals surface area contributed by atoms with Gasteiger partial charge in [-0.05, 0) is 24.8 Å². The van der Waals surface area contributed by atoms with Gasteiger partial charge in [0, 0.05) is 33.4 Å². The standard InChI is InChI=1S/C16H23N7OS/c1-21(2)16(24)22-7-4-8-23-13(11-22)9-12(20-23)10-18-14-5-6-17-15(19-14)25-3/h5-6,9H,4,7-8,10-11H2,1-3H3,(H,17,18,19). The number of carbonyl (C=O) groups excluding carboxylic acids is 1. The predicted octanol–water partition coefficient (Wildman–Crippen LogP) is 1.89. The Kier molecular flexibility index (Phi) is 5.42. The van der Waals surface area contributed by atoms with E-state index in [9.17, 15) is 4.79 Å². The number of nitrogens with zero attached hydrogens (tertiary/aromatic N) is 6. The van der Waals surface area contributed by atoms with E-state index >= 15 is 0 Å². The first kappa shape index (κ1) is 17.5. The van der Waals surface area contributed by atoms with Crippen molar-refractivity contribution < 1.29 is 4.79 Å². The maximum atomic E-state index is 12.2. The Bertz CT molecular complexity index is 746. The average molecular weight is 361 g/mol. The van der Waals surface area contributed by atoms with Crippen LogP contribution in [-0.2, 0) is 19.6 Å². The van der Waals surface area contributed by atoms with Crippen molar-refractivity contribution >= 4 is 23.6 Å². The number of thioether (sulfide) groups is 1. The van der Waals surface area contributed by atoms with Gasteiger partial charge in [-0.25, -0.2) is 14.8 Å². The zero-order valence-corrected chi connectivity index (χ0v) is 15.6. The molecule has 0 saturated heterocycles. The maximum Gasteiger partial charge on any atom is 0.319 e. The van der Waals surface area contributed by atoms with Crippen molar-refractivity contribution in [1.82, 2.24) is 29.5 Å². The summed E-state index contributed by atoms with van der Waals surface area (Å²) in [6, 6.07) is 3.95. The van der Waals surface area contributed by atoms with Crippen molar-refractivity contribution in [2.45, 2.75) is 31.2 Å². The van der Waals surface area contributed by atoms with Crippen LogP contribution in [0.15, 0.2) is 23.5 Å². The Morgan fingerprint density at radius 2 is 2.24 bits per heavy atom. The summed E-state index contributed by atoms with van der Waals surface area (Å²) in [5.74, 6) is 0.784. The highest BCUT2D eigenvalue weighted by atomic mass is 32.2. The van der Waals surface area contributed by atoms with Crippen LogP contribution in [0.2, 0.25) is 0 Å². The monoisotopic (exact) mass is 361 g/mol. The van der Waals surface area contributed by atoms with Gasteiger partial charge >= 0.3 is 6.03 Å². The molecule has 0 spiro atoms. The van der Waals surface area contributed by atoms with Crippen LogP contribution in [0.25, 0.3) is 0 Å². The number of hydrogen-bond acceptors (Lipinski definition) is 6. The van der Waals surface area contributed by atoms with Crippen LogP contribution < -0.4 is 5.32 Å². The highest BCUT2D eigenvalue weighted by Crippen LogP contribution is 2.16. The Morgan fingerprint density at radius 3 is 3.00 bits per heavy atom. The number of fused-ring (bicyclic) bond motifs is 1. The van der Waals surface area contributed by atoms with E-state index in [4.69, 9.17) is 0 Å². The molecule has 2 amide bonds. The molecule has 134 valence electrons. The second-order valence-electron chi connectivity index (χ2n) is 6.08. The lowest BCUT2D eigenvalue weighted by molar-refractivity contribution is 0.169. The fourth-order valence-electron chi connectivity index (χ4n) is 2.77. The maximum absolute atomic E-state index is 12.2. The zero-order chi connectivity index (χ0) is 17.8. The number of rotatable bonds is 4. The third kappa shape index (κ3) is 4.22. The van der Waals surface area contributed by atoms with Gasteiger partial charge in [0.2, 0.25) is 0 Å². The molecule has 3 rings (SSSR count). The Labute approximate surface area is 151 Å². The molecule has 0 atom stereocenters. The van der Waals surface area contributed by atoms with Gasteiger partial charge in [0.25, 0.3) is 0 Å². The molecule has 0 radical (unpaired) electrons. The summed E-state index contributed by atoms with van der Waals surface area (Å²) in [5.41, 5.74) is 2.01. The molecular formula is C16H23N7OS. The summed E-state index contributed by atoms with van der Waals surface area (Å²) in [6.45, 7) is 2.77. The largest absolute Gasteiger partial charge is 0.364 e. The van der Waals surface area contributed by atoms with Crippen LogP contribution in [0.1, 0.15) is 17.8 Å². The molecule has 9 heteroatoms. The van der Waals surface area contributed by atoms with E-state index in [1.165, 1.54) is 11.8 Å². The average Bonchev–Trinajstić information content (AvgIpc) is 2.89. The van der Waals surface area contributed by atoms with Crippen LogP contribution in [-0.4, -0.2) is 62.5 Å². The SMILES string of the molecule is CSc1nccc(NCc2cc3n(n2)CCCN(C(=O)N(C)C)C3)n1. The van der Waals surface area contributed by atoms with Crippen LogP contribution in [0.4, 0.5) is 10.6 Å². The normalized spacial score (nSPS) is 14.0. The molecule has 8 nitrogen and oxygen atoms in total. The molecule has 0 saturated carbocycles. The minimum absolute atomic E-state index is 0.0416. The topological polar surface area (TPSA) is 79.2 Å². The Balaban J connectivity index is 1.67. The van der Waals surface area contributed by atoms with Gasteiger partial charge < -0.3 is 15.1 Å². The second kappa shape index (κ2) is 7.73. The number of urea groups is 1. The zero-order valence-electron chi connectivity index (χ0n) is 14.8. The van der Waals surface area contributed by atoms with Gasteiger partial charge in [-0.2, -0.15) is 5.10 Å². The van der Waals surface area contributed by atoms with Crippen molar-refractivity contribution in [2.24, 2.45) is 0 Å². The fraction of sp³-hybridized carbons (Fsp3) is 0.500. The number of carbonyl (C=O) groups is 1. The van der Waals surface area contributed by atoms with Gasteiger partial charge in [-0.15, -0.1) is 0 Å². The van der Waals surface area contributed by atoms with Crippen LogP contribution in [0.5, 0.6) is 0 Å². The van der Waals surface area contributed by atoms with Crippen molar-refractivity contribution in [3.8, 4) is 0 Å². The summed E-state index contributed by atoms with van der Waals surface area (Å²) < 4.78 is 2.01. The molecule has 0 fully saturated rings. The number of hydrogen-bond donors (Lipinski definition) is 1. The third-order valence-corrected chi connectivity index (χ3v) is 4.55. The molecule has 3 heterocycles. The lowest BCUT2D eigenvalue weighted by Crippen LogP contribution is -2.38. The number of anilines is 1. The first-order valence-corrected chi connectivity index (χ1v) is 9.42. The lowest BCUT2D eigenvalue weighted by atomic mass is 10.3. The summed E-state index contributed by atoms with van der Waals surface area (Å²) in [7, 11) is 3.56. The first-order chi connectivity index (χ1) is 12.1. The minimum atomic E-state index is 0.0416. The molecule has 1 aliphatic heterocycles. The number of aromatic nitrogens is 4. The summed E-state index contributed by atoms with van der Waals surface area (Å²) in [5, 5.41) is 8.68. The molecule has 0 bridgehead atoms. The molecule has 2 aromatic rings. The van der Waals surface area contributed by atoms with Gasteiger partial charge in [-0.3, -0.25) is 4.68 Å². The Morgan fingerprint density at radius 1 is 1.40 bits per heavy atom. The predicted molar refractivity (Wildman–Crippen MR) is 97.5 cm³/mol. The molecule has 0 aromatic carbocycles. The minimum Gasteiger partial charge on any atom is -0.364 e. The van der Waals surface area contributed by atoms with Gasteiger partial charge in [0.15, 0.2) is 5.16 Å². The molecule has 0 aliphatic carbocycles. The van der Waals surface area contributed by atoms with Crippen molar-refractivity contribution in [3.05, 3.63) is 29.7 Å². The van der Waals surface area contributed by atoms with Gasteiger partial charge in [0.1, 0.15) is 5.82 Å². The van der Waals surface area contributed by atoms with Crippen LogP contribution in [0, 0.1) is 0 Å². The van der Waals surface area contributed by atoms with Gasteiger partial charge in [-0.1, -0.05) is 11.8 Å². The quantitative estimate of drug-likeness (QED) is 0.662. The van der Waals surface area contributed by atoms with E-state index in [-0.39, 0.29) is 6.03 Å². The van der Waals surface area contributed by atoms with E-state index in [1.54, 1.807) is 25.2 Å².